The van der Waals surface area contributed by atoms with Crippen molar-refractivity contribution in [3.05, 3.63) is 106 Å². The van der Waals surface area contributed by atoms with E-state index >= 15 is 0 Å². The van der Waals surface area contributed by atoms with Crippen LogP contribution in [0.15, 0.2) is 78.9 Å². The highest BCUT2D eigenvalue weighted by Crippen LogP contribution is 2.46. The number of anilines is 2. The van der Waals surface area contributed by atoms with E-state index in [2.05, 4.69) is 5.32 Å². The van der Waals surface area contributed by atoms with Crippen LogP contribution in [-0.4, -0.2) is 96.6 Å². The van der Waals surface area contributed by atoms with Crippen LogP contribution in [0.4, 0.5) is 11.4 Å². The third-order valence-electron chi connectivity index (χ3n) is 9.90. The van der Waals surface area contributed by atoms with E-state index in [0.717, 1.165) is 11.1 Å². The van der Waals surface area contributed by atoms with Gasteiger partial charge < -0.3 is 50.5 Å². The summed E-state index contributed by atoms with van der Waals surface area (Å²) >= 11 is 6.32. The van der Waals surface area contributed by atoms with Gasteiger partial charge in [-0.25, -0.2) is 0 Å². The van der Waals surface area contributed by atoms with Crippen LogP contribution >= 0.6 is 11.6 Å². The zero-order chi connectivity index (χ0) is 36.6. The lowest BCUT2D eigenvalue weighted by atomic mass is 9.83. The average molecular weight is 722 g/mol. The summed E-state index contributed by atoms with van der Waals surface area (Å²) in [5.41, 5.74) is 1.86. The first kappa shape index (κ1) is 36.6. The summed E-state index contributed by atoms with van der Waals surface area (Å²) in [6, 6.07) is 18.7. The molecule has 270 valence electrons. The van der Waals surface area contributed by atoms with E-state index in [9.17, 15) is 45.0 Å². The van der Waals surface area contributed by atoms with Gasteiger partial charge in [0.2, 0.25) is 5.91 Å². The normalized spacial score (nSPS) is 28.0. The lowest BCUT2D eigenvalue weighted by molar-refractivity contribution is -0.274. The van der Waals surface area contributed by atoms with Crippen molar-refractivity contribution >= 4 is 40.7 Å². The van der Waals surface area contributed by atoms with Crippen LogP contribution in [0.3, 0.4) is 0 Å². The molecule has 13 nitrogen and oxygen atoms in total. The summed E-state index contributed by atoms with van der Waals surface area (Å²) in [6.45, 7) is 1.96. The van der Waals surface area contributed by atoms with E-state index in [-0.39, 0.29) is 31.5 Å². The van der Waals surface area contributed by atoms with E-state index in [1.54, 1.807) is 66.4 Å². The van der Waals surface area contributed by atoms with Crippen LogP contribution in [0.25, 0.3) is 0 Å². The Kier molecular flexibility index (Phi) is 10.6. The number of fused-ring (bicyclic) bond motifs is 2. The van der Waals surface area contributed by atoms with Crippen molar-refractivity contribution in [2.75, 3.05) is 16.8 Å². The van der Waals surface area contributed by atoms with E-state index in [1.165, 1.54) is 4.90 Å². The van der Waals surface area contributed by atoms with Crippen molar-refractivity contribution in [3.63, 3.8) is 0 Å². The average Bonchev–Trinajstić information content (AvgIpc) is 3.33. The monoisotopic (exact) mass is 721 g/mol. The molecule has 3 amide bonds. The molecule has 6 rings (SSSR count). The molecule has 0 aliphatic carbocycles. The molecule has 3 aliphatic heterocycles. The van der Waals surface area contributed by atoms with Crippen LogP contribution in [-0.2, 0) is 44.2 Å². The van der Waals surface area contributed by atoms with Crippen molar-refractivity contribution in [1.82, 2.24) is 4.90 Å². The fourth-order valence-electron chi connectivity index (χ4n) is 6.92. The van der Waals surface area contributed by atoms with Crippen molar-refractivity contribution in [2.24, 2.45) is 5.92 Å². The zero-order valence-electron chi connectivity index (χ0n) is 27.7. The number of halogens is 1. The molecule has 0 bridgehead atoms. The Morgan fingerprint density at radius 3 is 2.43 bits per heavy atom. The summed E-state index contributed by atoms with van der Waals surface area (Å²) in [4.78, 5) is 43.1. The minimum Gasteiger partial charge on any atom is -0.394 e. The maximum Gasteiger partial charge on any atom is 0.264 e. The summed E-state index contributed by atoms with van der Waals surface area (Å²) in [5, 5.41) is 64.3. The number of carbonyl (C=O) groups excluding carboxylic acids is 3. The van der Waals surface area contributed by atoms with Crippen molar-refractivity contribution in [3.8, 4) is 0 Å². The number of benzene rings is 3. The molecule has 0 saturated carbocycles. The number of nitrogens with one attached hydrogen (secondary N) is 1. The molecule has 0 radical (unpaired) electrons. The third kappa shape index (κ3) is 7.04. The molecule has 0 unspecified atom stereocenters. The van der Waals surface area contributed by atoms with Gasteiger partial charge in [0, 0.05) is 35.2 Å². The first-order valence-corrected chi connectivity index (χ1v) is 17.0. The minimum atomic E-state index is -1.99. The molecular formula is C37H40ClN3O10. The molecule has 8 atom stereocenters. The molecule has 1 saturated heterocycles. The summed E-state index contributed by atoms with van der Waals surface area (Å²) in [7, 11) is 0. The number of carbonyl (C=O) groups is 3. The SMILES string of the molecule is C[C@H](/C=C/CC(=O)N1Cc2ccccc2C[C@H]1CO)[C@@]1(O)C(=O)N(Cc2ccc(NC(=O)[C@H]3O[C@@H](O)[C@H](O)[C@@H](O)[C@@H]3O)cc2)c2ccc(Cl)cc21. The quantitative estimate of drug-likeness (QED) is 0.158. The number of ether oxygens (including phenoxy) is 1. The van der Waals surface area contributed by atoms with Gasteiger partial charge in [0.25, 0.3) is 11.8 Å². The van der Waals surface area contributed by atoms with Crippen molar-refractivity contribution in [1.29, 1.82) is 0 Å². The summed E-state index contributed by atoms with van der Waals surface area (Å²) in [5.74, 6) is -2.39. The van der Waals surface area contributed by atoms with Crippen LogP contribution in [0, 0.1) is 5.92 Å². The van der Waals surface area contributed by atoms with Crippen molar-refractivity contribution < 1.29 is 49.8 Å². The number of aliphatic hydroxyl groups is 6. The molecule has 14 heteroatoms. The van der Waals surface area contributed by atoms with Gasteiger partial charge in [0.05, 0.1) is 24.9 Å². The Balaban J connectivity index is 1.13. The second kappa shape index (κ2) is 14.8. The van der Waals surface area contributed by atoms with Gasteiger partial charge >= 0.3 is 0 Å². The van der Waals surface area contributed by atoms with Crippen LogP contribution in [0.2, 0.25) is 5.02 Å². The molecule has 3 aromatic carbocycles. The van der Waals surface area contributed by atoms with Crippen LogP contribution in [0.1, 0.15) is 35.6 Å². The molecule has 3 aromatic rings. The Morgan fingerprint density at radius 1 is 1.02 bits per heavy atom. The second-order valence-electron chi connectivity index (χ2n) is 13.2. The molecular weight excluding hydrogens is 682 g/mol. The molecule has 51 heavy (non-hydrogen) atoms. The Labute approximate surface area is 299 Å². The Morgan fingerprint density at radius 2 is 1.73 bits per heavy atom. The highest BCUT2D eigenvalue weighted by Gasteiger charge is 2.52. The van der Waals surface area contributed by atoms with Gasteiger partial charge in [0.1, 0.15) is 18.3 Å². The fourth-order valence-corrected chi connectivity index (χ4v) is 7.09. The lowest BCUT2D eigenvalue weighted by Crippen LogP contribution is -2.60. The number of hydrogen-bond acceptors (Lipinski definition) is 10. The van der Waals surface area contributed by atoms with Crippen LogP contribution in [0.5, 0.6) is 0 Å². The van der Waals surface area contributed by atoms with Gasteiger partial charge in [-0.2, -0.15) is 0 Å². The summed E-state index contributed by atoms with van der Waals surface area (Å²) in [6.07, 6.45) is -5.02. The fraction of sp³-hybridized carbons (Fsp3) is 0.378. The molecule has 7 N–H and O–H groups in total. The standard InChI is InChI=1S/C37H40ClN3O10/c1-20(5-4-8-29(43)40-18-23-7-3-2-6-22(23)15-26(40)19-42)37(50)27-16-24(38)11-14-28(27)41(36(37)49)17-21-9-12-25(13-10-21)39-34(47)33-31(45)30(44)32(46)35(48)51-33/h2-7,9-14,16,20,26,30-33,35,42,44-46,48,50H,8,15,17-19H2,1H3,(H,39,47)/b5-4+/t20-,26+,30+,31+,32-,33+,35-,37+/m1/s1. The molecule has 3 heterocycles. The summed E-state index contributed by atoms with van der Waals surface area (Å²) < 4.78 is 4.98. The maximum atomic E-state index is 14.0. The van der Waals surface area contributed by atoms with Gasteiger partial charge in [-0.1, -0.05) is 67.1 Å². The number of amides is 3. The maximum absolute atomic E-state index is 14.0. The largest absolute Gasteiger partial charge is 0.394 e. The Bertz CT molecular complexity index is 1820. The van der Waals surface area contributed by atoms with Gasteiger partial charge in [-0.3, -0.25) is 14.4 Å². The highest BCUT2D eigenvalue weighted by atomic mass is 35.5. The third-order valence-corrected chi connectivity index (χ3v) is 10.1. The van der Waals surface area contributed by atoms with E-state index in [1.807, 2.05) is 24.3 Å². The zero-order valence-corrected chi connectivity index (χ0v) is 28.4. The molecule has 1 fully saturated rings. The topological polar surface area (TPSA) is 200 Å². The highest BCUT2D eigenvalue weighted by molar-refractivity contribution is 6.31. The van der Waals surface area contributed by atoms with Gasteiger partial charge in [-0.05, 0) is 53.4 Å². The number of aliphatic hydroxyl groups excluding tert-OH is 5. The van der Waals surface area contributed by atoms with E-state index in [4.69, 9.17) is 16.3 Å². The van der Waals surface area contributed by atoms with Crippen LogP contribution < -0.4 is 10.2 Å². The molecule has 0 aromatic heterocycles. The van der Waals surface area contributed by atoms with Gasteiger partial charge in [0.15, 0.2) is 18.0 Å². The van der Waals surface area contributed by atoms with E-state index in [0.29, 0.717) is 40.5 Å². The lowest BCUT2D eigenvalue weighted by Gasteiger charge is -2.37. The molecule has 3 aliphatic rings. The first-order valence-electron chi connectivity index (χ1n) is 16.6. The first-order chi connectivity index (χ1) is 24.3. The second-order valence-corrected chi connectivity index (χ2v) is 13.6. The predicted molar refractivity (Wildman–Crippen MR) is 185 cm³/mol. The Hall–Kier alpha value is -4.18. The minimum absolute atomic E-state index is 0.0111. The molecule has 0 spiro atoms. The van der Waals surface area contributed by atoms with E-state index < -0.39 is 54.0 Å². The van der Waals surface area contributed by atoms with Crippen molar-refractivity contribution in [2.45, 2.75) is 75.2 Å². The smallest absolute Gasteiger partial charge is 0.264 e. The predicted octanol–water partition coefficient (Wildman–Crippen LogP) is 1.34. The van der Waals surface area contributed by atoms with Gasteiger partial charge in [-0.15, -0.1) is 0 Å². The number of rotatable bonds is 9. The number of hydrogen-bond donors (Lipinski definition) is 7. The number of nitrogens with zero attached hydrogens (tertiary/aromatic N) is 2.